The van der Waals surface area contributed by atoms with Crippen LogP contribution in [0.3, 0.4) is 0 Å². The second-order valence-corrected chi connectivity index (χ2v) is 4.95. The third-order valence-corrected chi connectivity index (χ3v) is 3.64. The molecular weight excluding hydrogens is 319 g/mol. The van der Waals surface area contributed by atoms with Gasteiger partial charge in [0.05, 0.1) is 30.5 Å². The molecular formula is C13H12Cl2N2O4. The lowest BCUT2D eigenvalue weighted by Gasteiger charge is -2.13. The fourth-order valence-corrected chi connectivity index (χ4v) is 2.23. The van der Waals surface area contributed by atoms with E-state index in [1.165, 1.54) is 33.3 Å². The highest BCUT2D eigenvalue weighted by Gasteiger charge is 2.17. The monoisotopic (exact) mass is 330 g/mol. The van der Waals surface area contributed by atoms with E-state index in [-0.39, 0.29) is 27.2 Å². The van der Waals surface area contributed by atoms with Crippen molar-refractivity contribution >= 4 is 23.2 Å². The molecule has 0 fully saturated rings. The van der Waals surface area contributed by atoms with Crippen molar-refractivity contribution in [3.63, 3.8) is 0 Å². The number of methoxy groups -OCH3 is 2. The second kappa shape index (κ2) is 5.83. The van der Waals surface area contributed by atoms with Crippen LogP contribution in [-0.2, 0) is 0 Å². The largest absolute Gasteiger partial charge is 0.495 e. The molecule has 1 heterocycles. The van der Waals surface area contributed by atoms with E-state index in [4.69, 9.17) is 32.7 Å². The minimum atomic E-state index is -0.685. The molecule has 0 bridgehead atoms. The van der Waals surface area contributed by atoms with Crippen molar-refractivity contribution in [3.8, 4) is 17.2 Å². The van der Waals surface area contributed by atoms with E-state index in [9.17, 15) is 9.59 Å². The number of aromatic nitrogens is 2. The third kappa shape index (κ3) is 2.64. The fourth-order valence-electron chi connectivity index (χ4n) is 1.84. The molecule has 0 aliphatic carbocycles. The van der Waals surface area contributed by atoms with Crippen LogP contribution < -0.4 is 20.7 Å². The van der Waals surface area contributed by atoms with Gasteiger partial charge in [0, 0.05) is 6.07 Å². The maximum absolute atomic E-state index is 12.3. The molecule has 112 valence electrons. The van der Waals surface area contributed by atoms with Crippen LogP contribution in [-0.4, -0.2) is 23.8 Å². The first-order chi connectivity index (χ1) is 9.90. The molecule has 1 N–H and O–H groups in total. The molecule has 0 saturated carbocycles. The minimum absolute atomic E-state index is 0.000162. The van der Waals surface area contributed by atoms with Gasteiger partial charge in [-0.3, -0.25) is 9.78 Å². The summed E-state index contributed by atoms with van der Waals surface area (Å²) in [7, 11) is 2.86. The van der Waals surface area contributed by atoms with Gasteiger partial charge in [0.2, 0.25) is 0 Å². The van der Waals surface area contributed by atoms with Crippen LogP contribution in [0.1, 0.15) is 5.56 Å². The molecule has 8 heteroatoms. The number of nitrogens with zero attached hydrogens (tertiary/aromatic N) is 1. The Kier molecular flexibility index (Phi) is 4.29. The summed E-state index contributed by atoms with van der Waals surface area (Å²) < 4.78 is 11.2. The standard InChI is InChI=1S/C13H12Cl2N2O4/c1-6-11(15)16-13(19)17(12(6)18)8-4-7(14)9(20-2)5-10(8)21-3/h4-5H,1-3H3,(H,16,19). The first-order valence-electron chi connectivity index (χ1n) is 5.84. The van der Waals surface area contributed by atoms with Crippen LogP contribution in [0.25, 0.3) is 5.69 Å². The zero-order valence-electron chi connectivity index (χ0n) is 11.5. The number of hydrogen-bond donors (Lipinski definition) is 1. The first kappa shape index (κ1) is 15.5. The van der Waals surface area contributed by atoms with E-state index in [0.29, 0.717) is 5.75 Å². The highest BCUT2D eigenvalue weighted by Crippen LogP contribution is 2.33. The van der Waals surface area contributed by atoms with Gasteiger partial charge >= 0.3 is 5.69 Å². The van der Waals surface area contributed by atoms with Crippen LogP contribution in [0.15, 0.2) is 21.7 Å². The molecule has 1 aromatic heterocycles. The Morgan fingerprint density at radius 1 is 1.10 bits per heavy atom. The van der Waals surface area contributed by atoms with Crippen molar-refractivity contribution in [1.82, 2.24) is 9.55 Å². The number of halogens is 2. The molecule has 0 aliphatic heterocycles. The number of ether oxygens (including phenoxy) is 2. The average molecular weight is 331 g/mol. The van der Waals surface area contributed by atoms with Crippen LogP contribution in [0.5, 0.6) is 11.5 Å². The van der Waals surface area contributed by atoms with Gasteiger partial charge in [0.25, 0.3) is 5.56 Å². The molecule has 1 aromatic carbocycles. The SMILES string of the molecule is COc1cc(OC)c(-n2c(=O)[nH]c(Cl)c(C)c2=O)cc1Cl. The zero-order chi connectivity index (χ0) is 15.7. The highest BCUT2D eigenvalue weighted by molar-refractivity contribution is 6.32. The normalized spacial score (nSPS) is 10.5. The fraction of sp³-hybridized carbons (Fsp3) is 0.231. The van der Waals surface area contributed by atoms with Crippen molar-refractivity contribution in [3.05, 3.63) is 48.7 Å². The molecule has 0 radical (unpaired) electrons. The number of H-pyrrole nitrogens is 1. The maximum Gasteiger partial charge on any atom is 0.334 e. The smallest absolute Gasteiger partial charge is 0.334 e. The van der Waals surface area contributed by atoms with Crippen LogP contribution in [0.2, 0.25) is 10.2 Å². The summed E-state index contributed by atoms with van der Waals surface area (Å²) in [6.45, 7) is 1.51. The molecule has 6 nitrogen and oxygen atoms in total. The van der Waals surface area contributed by atoms with Gasteiger partial charge in [-0.15, -0.1) is 0 Å². The lowest BCUT2D eigenvalue weighted by atomic mass is 10.2. The number of aromatic amines is 1. The van der Waals surface area contributed by atoms with Gasteiger partial charge in [-0.2, -0.15) is 0 Å². The average Bonchev–Trinajstić information content (AvgIpc) is 2.45. The molecule has 0 amide bonds. The van der Waals surface area contributed by atoms with Crippen LogP contribution >= 0.6 is 23.2 Å². The lowest BCUT2D eigenvalue weighted by Crippen LogP contribution is -2.35. The van der Waals surface area contributed by atoms with Crippen molar-refractivity contribution in [1.29, 1.82) is 0 Å². The quantitative estimate of drug-likeness (QED) is 0.875. The third-order valence-electron chi connectivity index (χ3n) is 2.97. The Labute approximate surface area is 129 Å². The summed E-state index contributed by atoms with van der Waals surface area (Å²) in [6.07, 6.45) is 0. The first-order valence-corrected chi connectivity index (χ1v) is 6.59. The van der Waals surface area contributed by atoms with Crippen LogP contribution in [0, 0.1) is 6.92 Å². The Hall–Kier alpha value is -1.92. The number of benzene rings is 1. The molecule has 0 saturated heterocycles. The van der Waals surface area contributed by atoms with Gasteiger partial charge < -0.3 is 9.47 Å². The summed E-state index contributed by atoms with van der Waals surface area (Å²) in [5.74, 6) is 0.637. The number of nitrogens with one attached hydrogen (secondary N) is 1. The topological polar surface area (TPSA) is 73.3 Å². The minimum Gasteiger partial charge on any atom is -0.495 e. The molecule has 0 aliphatic rings. The van der Waals surface area contributed by atoms with Gasteiger partial charge in [-0.1, -0.05) is 23.2 Å². The maximum atomic E-state index is 12.3. The summed E-state index contributed by atoms with van der Waals surface area (Å²) in [4.78, 5) is 26.7. The van der Waals surface area contributed by atoms with E-state index in [0.717, 1.165) is 4.57 Å². The number of rotatable bonds is 3. The van der Waals surface area contributed by atoms with E-state index in [1.54, 1.807) is 0 Å². The van der Waals surface area contributed by atoms with Crippen LogP contribution in [0.4, 0.5) is 0 Å². The highest BCUT2D eigenvalue weighted by atomic mass is 35.5. The molecule has 0 atom stereocenters. The van der Waals surface area contributed by atoms with Gasteiger partial charge in [0.15, 0.2) is 0 Å². The predicted molar refractivity (Wildman–Crippen MR) is 80.5 cm³/mol. The zero-order valence-corrected chi connectivity index (χ0v) is 13.0. The molecule has 2 aromatic rings. The van der Waals surface area contributed by atoms with Crippen molar-refractivity contribution < 1.29 is 9.47 Å². The number of hydrogen-bond acceptors (Lipinski definition) is 4. The van der Waals surface area contributed by atoms with Crippen molar-refractivity contribution in [2.24, 2.45) is 0 Å². The van der Waals surface area contributed by atoms with E-state index >= 15 is 0 Å². The molecule has 0 spiro atoms. The molecule has 2 rings (SSSR count). The van der Waals surface area contributed by atoms with Gasteiger partial charge in [-0.05, 0) is 13.0 Å². The van der Waals surface area contributed by atoms with Gasteiger partial charge in [-0.25, -0.2) is 9.36 Å². The van der Waals surface area contributed by atoms with E-state index < -0.39 is 11.2 Å². The van der Waals surface area contributed by atoms with Crippen molar-refractivity contribution in [2.45, 2.75) is 6.92 Å². The summed E-state index contributed by atoms with van der Waals surface area (Å²) in [5.41, 5.74) is -0.821. The Bertz CT molecular complexity index is 811. The van der Waals surface area contributed by atoms with Crippen molar-refractivity contribution in [2.75, 3.05) is 14.2 Å². The molecule has 0 unspecified atom stereocenters. The Morgan fingerprint density at radius 3 is 2.29 bits per heavy atom. The predicted octanol–water partition coefficient (Wildman–Crippen LogP) is 2.16. The Morgan fingerprint density at radius 2 is 1.71 bits per heavy atom. The summed E-state index contributed by atoms with van der Waals surface area (Å²) in [5, 5.41) is 0.243. The summed E-state index contributed by atoms with van der Waals surface area (Å²) >= 11 is 11.8. The van der Waals surface area contributed by atoms with E-state index in [2.05, 4.69) is 4.98 Å². The Balaban J connectivity index is 2.85. The van der Waals surface area contributed by atoms with Gasteiger partial charge in [0.1, 0.15) is 16.7 Å². The van der Waals surface area contributed by atoms with E-state index in [1.807, 2.05) is 0 Å². The molecule has 21 heavy (non-hydrogen) atoms. The summed E-state index contributed by atoms with van der Waals surface area (Å²) in [6, 6.07) is 2.91. The lowest BCUT2D eigenvalue weighted by molar-refractivity contribution is 0.393. The second-order valence-electron chi connectivity index (χ2n) is 4.17.